The van der Waals surface area contributed by atoms with Gasteiger partial charge in [-0.3, -0.25) is 4.79 Å². The van der Waals surface area contributed by atoms with Gasteiger partial charge in [0.25, 0.3) is 0 Å². The molecule has 0 aromatic heterocycles. The van der Waals surface area contributed by atoms with Gasteiger partial charge >= 0.3 is 0 Å². The van der Waals surface area contributed by atoms with Crippen molar-refractivity contribution in [1.29, 1.82) is 0 Å². The Kier molecular flexibility index (Phi) is 1.71. The van der Waals surface area contributed by atoms with Crippen LogP contribution in [-0.2, 0) is 9.53 Å². The van der Waals surface area contributed by atoms with E-state index in [2.05, 4.69) is 0 Å². The second-order valence-electron chi connectivity index (χ2n) is 2.05. The van der Waals surface area contributed by atoms with Gasteiger partial charge in [0.1, 0.15) is 0 Å². The van der Waals surface area contributed by atoms with Crippen LogP contribution in [-0.4, -0.2) is 25.0 Å². The predicted octanol–water partition coefficient (Wildman–Crippen LogP) is 0.374. The topological polar surface area (TPSA) is 29.5 Å². The van der Waals surface area contributed by atoms with Gasteiger partial charge in [0.2, 0.25) is 5.91 Å². The molecule has 1 amide bonds. The minimum Gasteiger partial charge on any atom is -0.354 e. The van der Waals surface area contributed by atoms with Crippen LogP contribution >= 0.6 is 0 Å². The molecule has 0 spiro atoms. The maximum absolute atomic E-state index is 10.8. The van der Waals surface area contributed by atoms with Crippen LogP contribution in [0.15, 0.2) is 0 Å². The van der Waals surface area contributed by atoms with Crippen molar-refractivity contribution in [1.82, 2.24) is 4.90 Å². The molecule has 0 aromatic rings. The second kappa shape index (κ2) is 2.35. The Hall–Kier alpha value is -0.570. The highest BCUT2D eigenvalue weighted by Gasteiger charge is 2.28. The summed E-state index contributed by atoms with van der Waals surface area (Å²) in [6.45, 7) is 0. The molecule has 0 unspecified atom stereocenters. The third-order valence-electron chi connectivity index (χ3n) is 1.54. The minimum absolute atomic E-state index is 0.145. The molecule has 1 aliphatic heterocycles. The average molecular weight is 128 g/mol. The summed E-state index contributed by atoms with van der Waals surface area (Å²) >= 11 is 0. The summed E-state index contributed by atoms with van der Waals surface area (Å²) in [6.07, 6.45) is 2.13. The van der Waals surface area contributed by atoms with Gasteiger partial charge in [-0.25, -0.2) is 0 Å². The first kappa shape index (κ1) is 6.55. The van der Waals surface area contributed by atoms with Crippen LogP contribution in [0.2, 0.25) is 0 Å². The highest BCUT2D eigenvalue weighted by molar-refractivity contribution is 5.79. The second-order valence-corrected chi connectivity index (χ2v) is 2.05. The zero-order valence-electron chi connectivity index (χ0n) is 5.68. The zero-order chi connectivity index (χ0) is 6.85. The molecule has 9 heavy (non-hydrogen) atoms. The number of likely N-dealkylation sites (tertiary alicyclic amines) is 1. The molecule has 0 aliphatic carbocycles. The van der Waals surface area contributed by atoms with Gasteiger partial charge < -0.3 is 9.64 Å². The quantitative estimate of drug-likeness (QED) is 0.510. The fourth-order valence-electron chi connectivity index (χ4n) is 0.927. The van der Waals surface area contributed by atoms with Crippen molar-refractivity contribution in [2.75, 3.05) is 14.2 Å². The number of carbonyl (C=O) groups is 1. The lowest BCUT2D eigenvalue weighted by Crippen LogP contribution is -2.23. The van der Waals surface area contributed by atoms with Crippen LogP contribution < -0.4 is 0 Å². The van der Waals surface area contributed by atoms with Crippen LogP contribution in [0.5, 0.6) is 0 Å². The van der Waals surface area contributed by atoms with Crippen molar-refractivity contribution in [2.45, 2.75) is 12.8 Å². The highest BCUT2D eigenvalue weighted by atomic mass is 16.5. The minimum atomic E-state index is 0.145. The number of hydrogen-bond donors (Lipinski definition) is 0. The Balaban J connectivity index is 2.51. The molecule has 0 bridgehead atoms. The van der Waals surface area contributed by atoms with Gasteiger partial charge in [0, 0.05) is 27.0 Å². The maximum Gasteiger partial charge on any atom is 0.224 e. The molecule has 3 heteroatoms. The third-order valence-corrected chi connectivity index (χ3v) is 1.54. The van der Waals surface area contributed by atoms with Crippen LogP contribution in [0.4, 0.5) is 0 Å². The molecule has 1 heterocycles. The smallest absolute Gasteiger partial charge is 0.224 e. The largest absolute Gasteiger partial charge is 0.354 e. The fraction of sp³-hybridized carbons (Fsp3) is 0.667. The first-order valence-electron chi connectivity index (χ1n) is 2.92. The van der Waals surface area contributed by atoms with E-state index in [0.717, 1.165) is 12.6 Å². The lowest BCUT2D eigenvalue weighted by atomic mass is 10.4. The molecule has 0 atom stereocenters. The fourth-order valence-corrected chi connectivity index (χ4v) is 0.927. The number of ether oxygens (including phenoxy) is 1. The average Bonchev–Trinajstić information content (AvgIpc) is 2.15. The SMILES string of the molecule is CO[C]1CCC(=O)N1C. The number of amides is 1. The standard InChI is InChI=1S/C6H10NO2/c1-7-5(8)3-4-6(7)9-2/h3-4H2,1-2H3. The van der Waals surface area contributed by atoms with E-state index in [1.54, 1.807) is 19.1 Å². The van der Waals surface area contributed by atoms with Crippen molar-refractivity contribution in [3.05, 3.63) is 6.23 Å². The van der Waals surface area contributed by atoms with E-state index in [0.29, 0.717) is 6.42 Å². The van der Waals surface area contributed by atoms with E-state index in [4.69, 9.17) is 4.74 Å². The van der Waals surface area contributed by atoms with Gasteiger partial charge in [0.05, 0.1) is 0 Å². The predicted molar refractivity (Wildman–Crippen MR) is 32.3 cm³/mol. The lowest BCUT2D eigenvalue weighted by Gasteiger charge is -2.14. The van der Waals surface area contributed by atoms with Gasteiger partial charge in [0.15, 0.2) is 6.23 Å². The first-order chi connectivity index (χ1) is 4.25. The molecular formula is C6H10NO2. The van der Waals surface area contributed by atoms with E-state index < -0.39 is 0 Å². The van der Waals surface area contributed by atoms with Gasteiger partial charge in [-0.2, -0.15) is 0 Å². The molecule has 1 fully saturated rings. The summed E-state index contributed by atoms with van der Waals surface area (Å²) in [6, 6.07) is 0. The van der Waals surface area contributed by atoms with E-state index in [-0.39, 0.29) is 5.91 Å². The normalized spacial score (nSPS) is 21.6. The van der Waals surface area contributed by atoms with Crippen molar-refractivity contribution < 1.29 is 9.53 Å². The summed E-state index contributed by atoms with van der Waals surface area (Å²) in [7, 11) is 3.32. The number of methoxy groups -OCH3 is 1. The first-order valence-corrected chi connectivity index (χ1v) is 2.92. The molecule has 51 valence electrons. The third kappa shape index (κ3) is 1.05. The Morgan fingerprint density at radius 1 is 1.56 bits per heavy atom. The Morgan fingerprint density at radius 2 is 2.22 bits per heavy atom. The lowest BCUT2D eigenvalue weighted by molar-refractivity contribution is -0.128. The van der Waals surface area contributed by atoms with Crippen LogP contribution in [0.3, 0.4) is 0 Å². The highest BCUT2D eigenvalue weighted by Crippen LogP contribution is 2.22. The van der Waals surface area contributed by atoms with E-state index in [1.165, 1.54) is 0 Å². The Labute approximate surface area is 54.6 Å². The number of nitrogens with zero attached hydrogens (tertiary/aromatic N) is 1. The molecule has 0 saturated carbocycles. The van der Waals surface area contributed by atoms with Gasteiger partial charge in [-0.1, -0.05) is 0 Å². The van der Waals surface area contributed by atoms with E-state index in [9.17, 15) is 4.79 Å². The van der Waals surface area contributed by atoms with E-state index in [1.807, 2.05) is 0 Å². The van der Waals surface area contributed by atoms with Crippen LogP contribution in [0.25, 0.3) is 0 Å². The van der Waals surface area contributed by atoms with Gasteiger partial charge in [-0.05, 0) is 0 Å². The molecular weight excluding hydrogens is 118 g/mol. The van der Waals surface area contributed by atoms with Crippen molar-refractivity contribution >= 4 is 5.91 Å². The molecule has 3 nitrogen and oxygen atoms in total. The zero-order valence-corrected chi connectivity index (χ0v) is 5.68. The Morgan fingerprint density at radius 3 is 2.44 bits per heavy atom. The molecule has 0 aromatic carbocycles. The van der Waals surface area contributed by atoms with Gasteiger partial charge in [-0.15, -0.1) is 0 Å². The van der Waals surface area contributed by atoms with Crippen molar-refractivity contribution in [3.8, 4) is 0 Å². The molecule has 0 N–H and O–H groups in total. The summed E-state index contributed by atoms with van der Waals surface area (Å²) < 4.78 is 4.92. The molecule has 1 aliphatic rings. The summed E-state index contributed by atoms with van der Waals surface area (Å²) in [4.78, 5) is 12.3. The summed E-state index contributed by atoms with van der Waals surface area (Å²) in [5.41, 5.74) is 0. The Bertz CT molecular complexity index is 124. The van der Waals surface area contributed by atoms with E-state index >= 15 is 0 Å². The van der Waals surface area contributed by atoms with Crippen molar-refractivity contribution in [2.24, 2.45) is 0 Å². The summed E-state index contributed by atoms with van der Waals surface area (Å²) in [5, 5.41) is 0. The number of hydrogen-bond acceptors (Lipinski definition) is 2. The van der Waals surface area contributed by atoms with Crippen LogP contribution in [0.1, 0.15) is 12.8 Å². The van der Waals surface area contributed by atoms with Crippen molar-refractivity contribution in [3.63, 3.8) is 0 Å². The monoisotopic (exact) mass is 128 g/mol. The molecule has 1 saturated heterocycles. The summed E-state index contributed by atoms with van der Waals surface area (Å²) in [5.74, 6) is 0.145. The maximum atomic E-state index is 10.8. The van der Waals surface area contributed by atoms with Crippen LogP contribution in [0, 0.1) is 6.23 Å². The number of carbonyl (C=O) groups excluding carboxylic acids is 1. The molecule has 1 radical (unpaired) electrons. The molecule has 1 rings (SSSR count). The number of rotatable bonds is 1.